The topological polar surface area (TPSA) is 23.8 Å². The average molecular weight is 199 g/mol. The van der Waals surface area contributed by atoms with Crippen LogP contribution in [0.25, 0.3) is 0 Å². The largest absolute Gasteiger partial charge is 0 e. The molecular weight excluding hydrogens is 199 g/mol. The Hall–Kier alpha value is 1.01. The number of hydrogen-bond acceptors (Lipinski definition) is 1. The van der Waals surface area contributed by atoms with E-state index in [2.05, 4.69) is 16.0 Å². The molecule has 0 spiro atoms. The maximum absolute atomic E-state index is 7.21. The first-order chi connectivity index (χ1) is 1.41. The van der Waals surface area contributed by atoms with E-state index >= 15 is 0 Å². The van der Waals surface area contributed by atoms with Gasteiger partial charge in [0.1, 0.15) is 0 Å². The van der Waals surface area contributed by atoms with Gasteiger partial charge in [-0.25, -0.2) is 0 Å². The molecule has 0 aliphatic rings. The van der Waals surface area contributed by atoms with E-state index in [4.69, 9.17) is 5.26 Å². The Kier molecular flexibility index (Phi) is 66.4. The third-order valence-electron chi connectivity index (χ3n) is 0. The van der Waals surface area contributed by atoms with E-state index < -0.39 is 0 Å². The van der Waals surface area contributed by atoms with Crippen LogP contribution >= 0.6 is 0 Å². The van der Waals surface area contributed by atoms with Crippen LogP contribution in [0.4, 0.5) is 0 Å². The van der Waals surface area contributed by atoms with E-state index in [1.54, 1.807) is 0 Å². The Morgan fingerprint density at radius 2 is 1.60 bits per heavy atom. The van der Waals surface area contributed by atoms with Gasteiger partial charge in [0.05, 0.1) is 0 Å². The van der Waals surface area contributed by atoms with Gasteiger partial charge in [0.25, 0.3) is 0 Å². The summed E-state index contributed by atoms with van der Waals surface area (Å²) in [5, 5.41) is 7.21. The molecule has 0 aromatic carbocycles. The quantitative estimate of drug-likeness (QED) is 0.504. The molecule has 0 aliphatic heterocycles. The first kappa shape index (κ1) is 16.7. The summed E-state index contributed by atoms with van der Waals surface area (Å²) in [7, 11) is 0. The number of hydrogen-bond donors (Lipinski definition) is 0. The van der Waals surface area contributed by atoms with E-state index in [9.17, 15) is 0 Å². The second kappa shape index (κ2) is 19.9. The van der Waals surface area contributed by atoms with Crippen molar-refractivity contribution in [3.63, 3.8) is 0 Å². The summed E-state index contributed by atoms with van der Waals surface area (Å²) in [4.78, 5) is 1.50. The van der Waals surface area contributed by atoms with E-state index in [0.29, 0.717) is 0 Å². The molecule has 1 nitrogen and oxygen atoms in total. The van der Waals surface area contributed by atoms with Gasteiger partial charge in [-0.3, -0.25) is 0 Å². The molecule has 0 N–H and O–H groups in total. The van der Waals surface area contributed by atoms with Gasteiger partial charge in [0.2, 0.25) is 0 Å². The molecule has 0 heterocycles. The summed E-state index contributed by atoms with van der Waals surface area (Å²) in [6, 6.07) is 0. The van der Waals surface area contributed by atoms with Gasteiger partial charge in [0.15, 0.2) is 0 Å². The van der Waals surface area contributed by atoms with Crippen LogP contribution < -0.4 is 0 Å². The summed E-state index contributed by atoms with van der Waals surface area (Å²) < 4.78 is 0. The van der Waals surface area contributed by atoms with Crippen LogP contribution in [-0.2, 0) is 49.3 Å². The third kappa shape index (κ3) is 44.5. The van der Waals surface area contributed by atoms with E-state index in [-0.39, 0.29) is 33.3 Å². The fraction of sp³-hybridized carbons (Fsp3) is 0. The van der Waals surface area contributed by atoms with Crippen molar-refractivity contribution in [1.29, 1.82) is 5.26 Å². The predicted octanol–water partition coefficient (Wildman–Crippen LogP) is 0.00928. The molecule has 0 atom stereocenters. The minimum atomic E-state index is 0. The van der Waals surface area contributed by atoms with Crippen LogP contribution in [0, 0.1) is 10.2 Å². The van der Waals surface area contributed by atoms with Crippen molar-refractivity contribution in [3.8, 4) is 4.97 Å². The molecule has 5 heavy (non-hydrogen) atoms. The van der Waals surface area contributed by atoms with Gasteiger partial charge in [-0.2, -0.15) is 0 Å². The van der Waals surface area contributed by atoms with Crippen LogP contribution in [0.1, 0.15) is 0 Å². The van der Waals surface area contributed by atoms with Crippen LogP contribution in [-0.4, -0.2) is 0 Å². The minimum absolute atomic E-state index is 0. The number of nitrogens with zero attached hydrogens (tertiary/aromatic N) is 1. The maximum Gasteiger partial charge on any atom is 0 e. The Morgan fingerprint density at radius 3 is 1.60 bits per heavy atom. The van der Waals surface area contributed by atoms with Crippen molar-refractivity contribution < 1.29 is 49.3 Å². The van der Waals surface area contributed by atoms with Crippen LogP contribution in [0.5, 0.6) is 0 Å². The maximum atomic E-state index is 7.21. The van der Waals surface area contributed by atoms with E-state index in [1.165, 1.54) is 4.97 Å². The molecule has 0 aromatic heterocycles. The zero-order valence-electron chi connectivity index (χ0n) is 1.95. The average Bonchev–Trinajstić information content (AvgIpc) is 0.918. The molecule has 0 rings (SSSR count). The van der Waals surface area contributed by atoms with Gasteiger partial charge in [-0.15, -0.1) is 0 Å². The van der Waals surface area contributed by atoms with Gasteiger partial charge in [-0.1, -0.05) is 0 Å². The molecule has 4 heteroatoms. The standard InChI is InChI=1S/CN.Co.Fe.Ni/c1-2;;;. The minimum Gasteiger partial charge on any atom is 0 e. The Labute approximate surface area is 59.4 Å². The Bertz CT molecular complexity index is 33.1. The van der Waals surface area contributed by atoms with Gasteiger partial charge < -0.3 is 0 Å². The predicted molar refractivity (Wildman–Crippen MR) is 5.61 cm³/mol. The third-order valence-corrected chi connectivity index (χ3v) is 0. The Morgan fingerprint density at radius 1 is 1.60 bits per heavy atom. The molecule has 0 unspecified atom stereocenters. The number of nitriles is 1. The van der Waals surface area contributed by atoms with Crippen LogP contribution in [0.2, 0.25) is 0 Å². The van der Waals surface area contributed by atoms with Crippen LogP contribution in [0.15, 0.2) is 0 Å². The molecule has 0 saturated heterocycles. The van der Waals surface area contributed by atoms with Crippen molar-refractivity contribution in [2.24, 2.45) is 0 Å². The second-order valence-electron chi connectivity index (χ2n) is 0.0791. The molecule has 0 bridgehead atoms. The molecule has 0 fully saturated rings. The molecule has 0 aliphatic carbocycles. The van der Waals surface area contributed by atoms with Crippen LogP contribution in [0.3, 0.4) is 0 Å². The Balaban J connectivity index is -0.0000000200. The molecule has 36 valence electrons. The monoisotopic (exact) mass is 199 g/mol. The SMILES string of the molecule is N#[C][Fe].[Co].[Ni]. The molecule has 0 saturated carbocycles. The van der Waals surface area contributed by atoms with Gasteiger partial charge >= 0.3 is 26.2 Å². The molecule has 0 aromatic rings. The van der Waals surface area contributed by atoms with Crippen molar-refractivity contribution in [2.75, 3.05) is 0 Å². The normalized spacial score (nSPS) is 1.60. The summed E-state index contributed by atoms with van der Waals surface area (Å²) >= 11 is 2.79. The smallest absolute Gasteiger partial charge is 0 e. The molecule has 1 radical (unpaired) electrons. The van der Waals surface area contributed by atoms with Crippen molar-refractivity contribution >= 4 is 0 Å². The molecular formula is CCoFeNNi. The number of rotatable bonds is 0. The van der Waals surface area contributed by atoms with Gasteiger partial charge in [-0.05, 0) is 0 Å². The van der Waals surface area contributed by atoms with E-state index in [1.807, 2.05) is 0 Å². The first-order valence-electron chi connectivity index (χ1n) is 0.400. The van der Waals surface area contributed by atoms with Crippen molar-refractivity contribution in [1.82, 2.24) is 0 Å². The van der Waals surface area contributed by atoms with E-state index in [0.717, 1.165) is 0 Å². The zero-order valence-corrected chi connectivity index (χ0v) is 5.08. The summed E-state index contributed by atoms with van der Waals surface area (Å²) in [5.41, 5.74) is 0. The summed E-state index contributed by atoms with van der Waals surface area (Å²) in [5.74, 6) is 0. The summed E-state index contributed by atoms with van der Waals surface area (Å²) in [6.07, 6.45) is 0. The summed E-state index contributed by atoms with van der Waals surface area (Å²) in [6.45, 7) is 0. The van der Waals surface area contributed by atoms with Crippen molar-refractivity contribution in [3.05, 3.63) is 0 Å². The van der Waals surface area contributed by atoms with Gasteiger partial charge in [0, 0.05) is 33.3 Å². The second-order valence-corrected chi connectivity index (χ2v) is 0.326. The molecule has 0 amide bonds. The van der Waals surface area contributed by atoms with Crippen molar-refractivity contribution in [2.45, 2.75) is 0 Å². The first-order valence-corrected chi connectivity index (χ1v) is 0.952. The zero-order chi connectivity index (χ0) is 2.71. The fourth-order valence-electron chi connectivity index (χ4n) is 0. The fourth-order valence-corrected chi connectivity index (χ4v) is 0.